The van der Waals surface area contributed by atoms with E-state index in [2.05, 4.69) is 35.2 Å². The number of ether oxygens (including phenoxy) is 1. The number of esters is 1. The summed E-state index contributed by atoms with van der Waals surface area (Å²) in [6, 6.07) is 16.2. The molecule has 0 N–H and O–H groups in total. The molecule has 1 aliphatic carbocycles. The average molecular weight is 321 g/mol. The summed E-state index contributed by atoms with van der Waals surface area (Å²) in [6.07, 6.45) is 7.35. The Morgan fingerprint density at radius 3 is 2.12 bits per heavy atom. The van der Waals surface area contributed by atoms with Crippen LogP contribution >= 0.6 is 0 Å². The van der Waals surface area contributed by atoms with Crippen molar-refractivity contribution < 1.29 is 9.53 Å². The van der Waals surface area contributed by atoms with E-state index in [1.165, 1.54) is 43.9 Å². The zero-order valence-electron chi connectivity index (χ0n) is 14.3. The normalized spacial score (nSPS) is 14.0. The van der Waals surface area contributed by atoms with Gasteiger partial charge in [-0.1, -0.05) is 18.2 Å². The number of anilines is 2. The van der Waals surface area contributed by atoms with Crippen molar-refractivity contribution in [1.82, 2.24) is 0 Å². The fourth-order valence-electron chi connectivity index (χ4n) is 3.09. The van der Waals surface area contributed by atoms with Crippen LogP contribution in [0.15, 0.2) is 54.6 Å². The number of benzene rings is 2. The second kappa shape index (κ2) is 7.35. The molecule has 124 valence electrons. The molecule has 3 rings (SSSR count). The number of hydrogen-bond acceptors (Lipinski definition) is 3. The monoisotopic (exact) mass is 321 g/mol. The second-order valence-corrected chi connectivity index (χ2v) is 6.12. The smallest absolute Gasteiger partial charge is 0.337 e. The maximum atomic E-state index is 11.5. The van der Waals surface area contributed by atoms with Crippen LogP contribution in [0.1, 0.15) is 41.6 Å². The van der Waals surface area contributed by atoms with Crippen molar-refractivity contribution in [3.05, 3.63) is 65.7 Å². The van der Waals surface area contributed by atoms with Crippen molar-refractivity contribution in [1.29, 1.82) is 0 Å². The van der Waals surface area contributed by atoms with E-state index < -0.39 is 0 Å². The molecule has 24 heavy (non-hydrogen) atoms. The van der Waals surface area contributed by atoms with Crippen LogP contribution < -0.4 is 4.90 Å². The number of carbonyl (C=O) groups excluding carboxylic acids is 1. The lowest BCUT2D eigenvalue weighted by Gasteiger charge is -2.21. The summed E-state index contributed by atoms with van der Waals surface area (Å²) in [5.41, 5.74) is 5.52. The lowest BCUT2D eigenvalue weighted by molar-refractivity contribution is 0.0601. The van der Waals surface area contributed by atoms with Crippen LogP contribution in [0.2, 0.25) is 0 Å². The van der Waals surface area contributed by atoms with Gasteiger partial charge in [-0.05, 0) is 73.2 Å². The summed E-state index contributed by atoms with van der Waals surface area (Å²) >= 11 is 0. The Labute approximate surface area is 143 Å². The number of methoxy groups -OCH3 is 1. The zero-order valence-corrected chi connectivity index (χ0v) is 14.3. The fourth-order valence-corrected chi connectivity index (χ4v) is 3.09. The van der Waals surface area contributed by atoms with Crippen LogP contribution in [0.25, 0.3) is 5.57 Å². The number of allylic oxidation sites excluding steroid dienone is 2. The third-order valence-electron chi connectivity index (χ3n) is 4.59. The van der Waals surface area contributed by atoms with E-state index in [1.807, 2.05) is 19.2 Å². The van der Waals surface area contributed by atoms with E-state index >= 15 is 0 Å². The molecule has 0 saturated carbocycles. The zero-order chi connectivity index (χ0) is 16.9. The highest BCUT2D eigenvalue weighted by molar-refractivity contribution is 5.89. The standard InChI is InChI=1S/C21H23NO2/c1-22(20-14-10-18(11-15-20)21(23)24-2)19-12-8-17(9-13-19)16-6-4-3-5-7-16/h6,8-15H,3-5,7H2,1-2H3. The molecule has 0 aromatic heterocycles. The lowest BCUT2D eigenvalue weighted by Crippen LogP contribution is -2.10. The van der Waals surface area contributed by atoms with Crippen LogP contribution in [-0.4, -0.2) is 20.1 Å². The third kappa shape index (κ3) is 3.51. The summed E-state index contributed by atoms with van der Waals surface area (Å²) in [6.45, 7) is 0. The van der Waals surface area contributed by atoms with Crippen LogP contribution in [0.5, 0.6) is 0 Å². The summed E-state index contributed by atoms with van der Waals surface area (Å²) in [4.78, 5) is 13.6. The molecule has 0 heterocycles. The maximum absolute atomic E-state index is 11.5. The Kier molecular flexibility index (Phi) is 4.99. The Morgan fingerprint density at radius 2 is 1.58 bits per heavy atom. The van der Waals surface area contributed by atoms with Gasteiger partial charge < -0.3 is 9.64 Å². The van der Waals surface area contributed by atoms with Gasteiger partial charge in [0.25, 0.3) is 0 Å². The van der Waals surface area contributed by atoms with Crippen molar-refractivity contribution in [2.45, 2.75) is 25.7 Å². The predicted molar refractivity (Wildman–Crippen MR) is 98.7 cm³/mol. The van der Waals surface area contributed by atoms with E-state index in [-0.39, 0.29) is 5.97 Å². The topological polar surface area (TPSA) is 29.5 Å². The number of carbonyl (C=O) groups is 1. The van der Waals surface area contributed by atoms with Gasteiger partial charge in [-0.2, -0.15) is 0 Å². The third-order valence-corrected chi connectivity index (χ3v) is 4.59. The van der Waals surface area contributed by atoms with Gasteiger partial charge in [0.15, 0.2) is 0 Å². The van der Waals surface area contributed by atoms with Crippen LogP contribution in [0.4, 0.5) is 11.4 Å². The quantitative estimate of drug-likeness (QED) is 0.725. The molecule has 0 atom stereocenters. The second-order valence-electron chi connectivity index (χ2n) is 6.12. The fraction of sp³-hybridized carbons (Fsp3) is 0.286. The highest BCUT2D eigenvalue weighted by Crippen LogP contribution is 2.29. The van der Waals surface area contributed by atoms with Crippen molar-refractivity contribution >= 4 is 22.9 Å². The predicted octanol–water partition coefficient (Wildman–Crippen LogP) is 5.20. The summed E-state index contributed by atoms with van der Waals surface area (Å²) in [7, 11) is 3.42. The molecule has 0 radical (unpaired) electrons. The lowest BCUT2D eigenvalue weighted by atomic mass is 9.93. The molecule has 0 saturated heterocycles. The van der Waals surface area contributed by atoms with Gasteiger partial charge in [-0.15, -0.1) is 0 Å². The molecule has 0 fully saturated rings. The van der Waals surface area contributed by atoms with E-state index in [1.54, 1.807) is 12.1 Å². The summed E-state index contributed by atoms with van der Waals surface area (Å²) in [5, 5.41) is 0. The first-order valence-electron chi connectivity index (χ1n) is 8.40. The molecule has 2 aromatic carbocycles. The van der Waals surface area contributed by atoms with Crippen molar-refractivity contribution in [2.24, 2.45) is 0 Å². The van der Waals surface area contributed by atoms with Gasteiger partial charge in [-0.3, -0.25) is 0 Å². The van der Waals surface area contributed by atoms with E-state index in [0.717, 1.165) is 11.4 Å². The summed E-state index contributed by atoms with van der Waals surface area (Å²) in [5.74, 6) is -0.311. The molecule has 0 spiro atoms. The first-order chi connectivity index (χ1) is 11.7. The van der Waals surface area contributed by atoms with Crippen LogP contribution in [0.3, 0.4) is 0 Å². The minimum Gasteiger partial charge on any atom is -0.465 e. The molecule has 3 heteroatoms. The Balaban J connectivity index is 1.76. The molecule has 1 aliphatic rings. The van der Waals surface area contributed by atoms with Crippen molar-refractivity contribution in [3.63, 3.8) is 0 Å². The first kappa shape index (κ1) is 16.3. The molecule has 2 aromatic rings. The SMILES string of the molecule is COC(=O)c1ccc(N(C)c2ccc(C3=CCCCC3)cc2)cc1. The van der Waals surface area contributed by atoms with Gasteiger partial charge >= 0.3 is 5.97 Å². The number of rotatable bonds is 4. The van der Waals surface area contributed by atoms with Gasteiger partial charge in [0.05, 0.1) is 12.7 Å². The number of nitrogens with zero attached hydrogens (tertiary/aromatic N) is 1. The van der Waals surface area contributed by atoms with Gasteiger partial charge in [0, 0.05) is 18.4 Å². The van der Waals surface area contributed by atoms with Gasteiger partial charge in [-0.25, -0.2) is 4.79 Å². The minimum atomic E-state index is -0.311. The largest absolute Gasteiger partial charge is 0.465 e. The van der Waals surface area contributed by atoms with Gasteiger partial charge in [0.1, 0.15) is 0 Å². The molecule has 0 unspecified atom stereocenters. The first-order valence-corrected chi connectivity index (χ1v) is 8.40. The van der Waals surface area contributed by atoms with E-state index in [4.69, 9.17) is 4.74 Å². The molecule has 0 aliphatic heterocycles. The van der Waals surface area contributed by atoms with E-state index in [0.29, 0.717) is 5.56 Å². The van der Waals surface area contributed by atoms with Crippen molar-refractivity contribution in [3.8, 4) is 0 Å². The van der Waals surface area contributed by atoms with Crippen LogP contribution in [-0.2, 0) is 4.74 Å². The van der Waals surface area contributed by atoms with E-state index in [9.17, 15) is 4.79 Å². The molecular weight excluding hydrogens is 298 g/mol. The average Bonchev–Trinajstić information content (AvgIpc) is 2.68. The summed E-state index contributed by atoms with van der Waals surface area (Å²) < 4.78 is 4.73. The van der Waals surface area contributed by atoms with Gasteiger partial charge in [0.2, 0.25) is 0 Å². The highest BCUT2D eigenvalue weighted by Gasteiger charge is 2.09. The molecule has 3 nitrogen and oxygen atoms in total. The molecule has 0 amide bonds. The van der Waals surface area contributed by atoms with Crippen molar-refractivity contribution in [2.75, 3.05) is 19.1 Å². The Bertz CT molecular complexity index is 729. The Hall–Kier alpha value is -2.55. The molecular formula is C21H23NO2. The minimum absolute atomic E-state index is 0.311. The number of hydrogen-bond donors (Lipinski definition) is 0. The molecule has 0 bridgehead atoms. The highest BCUT2D eigenvalue weighted by atomic mass is 16.5. The maximum Gasteiger partial charge on any atom is 0.337 e. The van der Waals surface area contributed by atoms with Crippen LogP contribution in [0, 0.1) is 0 Å². The Morgan fingerprint density at radius 1 is 0.958 bits per heavy atom.